The molecule has 6 nitrogen and oxygen atoms in total. The minimum absolute atomic E-state index is 0.0778. The van der Waals surface area contributed by atoms with Crippen LogP contribution in [0.2, 0.25) is 0 Å². The van der Waals surface area contributed by atoms with Gasteiger partial charge in [0.2, 0.25) is 10.0 Å². The molecule has 0 amide bonds. The van der Waals surface area contributed by atoms with E-state index in [1.807, 2.05) is 13.8 Å². The third kappa shape index (κ3) is 4.54. The third-order valence-electron chi connectivity index (χ3n) is 4.48. The van der Waals surface area contributed by atoms with E-state index in [2.05, 4.69) is 0 Å². The van der Waals surface area contributed by atoms with Crippen LogP contribution in [0.15, 0.2) is 23.1 Å². The van der Waals surface area contributed by atoms with E-state index in [0.717, 1.165) is 5.56 Å². The Labute approximate surface area is 151 Å². The average molecular weight is 390 g/mol. The number of methoxy groups -OCH3 is 1. The summed E-state index contributed by atoms with van der Waals surface area (Å²) in [4.78, 5) is 0.217. The number of hydrogen-bond donors (Lipinski definition) is 0. The van der Waals surface area contributed by atoms with E-state index >= 15 is 0 Å². The van der Waals surface area contributed by atoms with E-state index < -0.39 is 25.1 Å². The Morgan fingerprint density at radius 1 is 1.16 bits per heavy atom. The lowest BCUT2D eigenvalue weighted by Gasteiger charge is -2.31. The van der Waals surface area contributed by atoms with Gasteiger partial charge in [-0.2, -0.15) is 4.31 Å². The van der Waals surface area contributed by atoms with Gasteiger partial charge in [0.15, 0.2) is 9.84 Å². The summed E-state index contributed by atoms with van der Waals surface area (Å²) in [7, 11) is -5.25. The average Bonchev–Trinajstić information content (AvgIpc) is 2.53. The molecule has 1 aliphatic heterocycles. The number of sulfonamides is 1. The number of ether oxygens (including phenoxy) is 1. The number of aryl methyl sites for hydroxylation is 1. The fourth-order valence-electron chi connectivity index (χ4n) is 3.19. The molecule has 8 heteroatoms. The van der Waals surface area contributed by atoms with Gasteiger partial charge in [0.05, 0.1) is 23.0 Å². The molecule has 1 aromatic carbocycles. The molecular weight excluding hydrogens is 362 g/mol. The highest BCUT2D eigenvalue weighted by molar-refractivity contribution is 7.92. The molecule has 1 aliphatic rings. The van der Waals surface area contributed by atoms with Crippen molar-refractivity contribution in [1.82, 2.24) is 4.31 Å². The molecule has 0 atom stereocenters. The summed E-state index contributed by atoms with van der Waals surface area (Å²) in [6.07, 6.45) is 0.701. The molecular formula is C17H27NO5S2. The molecule has 1 saturated heterocycles. The minimum atomic E-state index is -3.62. The molecule has 0 N–H and O–H groups in total. The summed E-state index contributed by atoms with van der Waals surface area (Å²) < 4.78 is 56.9. The van der Waals surface area contributed by atoms with Crippen LogP contribution in [0.3, 0.4) is 0 Å². The Bertz CT molecular complexity index is 807. The first-order chi connectivity index (χ1) is 11.6. The van der Waals surface area contributed by atoms with Crippen molar-refractivity contribution in [3.8, 4) is 5.75 Å². The van der Waals surface area contributed by atoms with Crippen LogP contribution in [-0.4, -0.2) is 52.3 Å². The number of sulfone groups is 1. The summed E-state index contributed by atoms with van der Waals surface area (Å²) >= 11 is 0. The zero-order valence-electron chi connectivity index (χ0n) is 15.2. The smallest absolute Gasteiger partial charge is 0.243 e. The van der Waals surface area contributed by atoms with Gasteiger partial charge in [-0.1, -0.05) is 13.8 Å². The van der Waals surface area contributed by atoms with E-state index in [4.69, 9.17) is 4.74 Å². The maximum absolute atomic E-state index is 12.8. The molecule has 25 heavy (non-hydrogen) atoms. The van der Waals surface area contributed by atoms with Crippen molar-refractivity contribution in [3.05, 3.63) is 23.8 Å². The first-order valence-electron chi connectivity index (χ1n) is 8.44. The molecule has 0 aromatic heterocycles. The zero-order valence-corrected chi connectivity index (χ0v) is 16.9. The van der Waals surface area contributed by atoms with Crippen LogP contribution in [0.4, 0.5) is 0 Å². The van der Waals surface area contributed by atoms with Crippen LogP contribution in [-0.2, 0) is 19.9 Å². The number of piperidine rings is 1. The van der Waals surface area contributed by atoms with E-state index in [9.17, 15) is 16.8 Å². The van der Waals surface area contributed by atoms with Gasteiger partial charge < -0.3 is 4.74 Å². The monoisotopic (exact) mass is 389 g/mol. The number of nitrogens with zero attached hydrogens (tertiary/aromatic N) is 1. The van der Waals surface area contributed by atoms with Crippen LogP contribution in [0.5, 0.6) is 5.75 Å². The van der Waals surface area contributed by atoms with Gasteiger partial charge >= 0.3 is 0 Å². The Kier molecular flexibility index (Phi) is 6.17. The summed E-state index contributed by atoms with van der Waals surface area (Å²) in [5.74, 6) is 0.869. The van der Waals surface area contributed by atoms with Crippen molar-refractivity contribution in [3.63, 3.8) is 0 Å². The Morgan fingerprint density at radius 3 is 2.24 bits per heavy atom. The van der Waals surface area contributed by atoms with Gasteiger partial charge in [-0.25, -0.2) is 16.8 Å². The van der Waals surface area contributed by atoms with Crippen LogP contribution >= 0.6 is 0 Å². The maximum Gasteiger partial charge on any atom is 0.243 e. The molecule has 142 valence electrons. The molecule has 1 heterocycles. The molecule has 0 aliphatic carbocycles. The van der Waals surface area contributed by atoms with Crippen molar-refractivity contribution in [1.29, 1.82) is 0 Å². The van der Waals surface area contributed by atoms with Crippen LogP contribution in [0.25, 0.3) is 0 Å². The molecule has 0 unspecified atom stereocenters. The molecule has 0 radical (unpaired) electrons. The van der Waals surface area contributed by atoms with Crippen molar-refractivity contribution in [2.45, 2.75) is 43.8 Å². The molecule has 0 spiro atoms. The minimum Gasteiger partial charge on any atom is -0.496 e. The van der Waals surface area contributed by atoms with Crippen molar-refractivity contribution in [2.75, 3.05) is 26.0 Å². The van der Waals surface area contributed by atoms with Crippen LogP contribution in [0.1, 0.15) is 32.3 Å². The highest BCUT2D eigenvalue weighted by atomic mass is 32.2. The first kappa shape index (κ1) is 20.2. The topological polar surface area (TPSA) is 80.8 Å². The van der Waals surface area contributed by atoms with E-state index in [1.54, 1.807) is 26.2 Å². The quantitative estimate of drug-likeness (QED) is 0.745. The summed E-state index contributed by atoms with van der Waals surface area (Å²) in [5.41, 5.74) is 0.748. The van der Waals surface area contributed by atoms with Crippen LogP contribution < -0.4 is 4.74 Å². The standard InChI is InChI=1S/C17H27NO5S2/c1-13(2)12-24(19,20)15-7-9-18(10-8-15)25(21,22)16-5-6-17(23-4)14(3)11-16/h5-6,11,13,15H,7-10,12H2,1-4H3. The highest BCUT2D eigenvalue weighted by Crippen LogP contribution is 2.27. The van der Waals surface area contributed by atoms with Gasteiger partial charge in [0.1, 0.15) is 5.75 Å². The molecule has 1 aromatic rings. The summed E-state index contributed by atoms with van der Waals surface area (Å²) in [5, 5.41) is -0.445. The van der Waals surface area contributed by atoms with Gasteiger partial charge in [-0.15, -0.1) is 0 Å². The second-order valence-electron chi connectivity index (χ2n) is 6.96. The second kappa shape index (κ2) is 7.63. The van der Waals surface area contributed by atoms with E-state index in [-0.39, 0.29) is 29.7 Å². The van der Waals surface area contributed by atoms with Gasteiger partial charge in [-0.05, 0) is 49.4 Å². The van der Waals surface area contributed by atoms with Crippen molar-refractivity contribution in [2.24, 2.45) is 5.92 Å². The Balaban J connectivity index is 2.13. The molecule has 1 fully saturated rings. The lowest BCUT2D eigenvalue weighted by Crippen LogP contribution is -2.43. The summed E-state index contributed by atoms with van der Waals surface area (Å²) in [6.45, 7) is 6.01. The van der Waals surface area contributed by atoms with Gasteiger partial charge in [0.25, 0.3) is 0 Å². The normalized spacial score (nSPS) is 17.8. The lowest BCUT2D eigenvalue weighted by molar-refractivity contribution is 0.345. The summed E-state index contributed by atoms with van der Waals surface area (Å²) in [6, 6.07) is 4.76. The number of benzene rings is 1. The number of rotatable bonds is 6. The fraction of sp³-hybridized carbons (Fsp3) is 0.647. The molecule has 0 saturated carbocycles. The van der Waals surface area contributed by atoms with Gasteiger partial charge in [0, 0.05) is 13.1 Å². The predicted molar refractivity (Wildman–Crippen MR) is 98.1 cm³/mol. The Morgan fingerprint density at radius 2 is 1.76 bits per heavy atom. The highest BCUT2D eigenvalue weighted by Gasteiger charge is 2.35. The van der Waals surface area contributed by atoms with E-state index in [0.29, 0.717) is 18.6 Å². The van der Waals surface area contributed by atoms with Crippen molar-refractivity contribution >= 4 is 19.9 Å². The SMILES string of the molecule is COc1ccc(S(=O)(=O)N2CCC(S(=O)(=O)CC(C)C)CC2)cc1C. The third-order valence-corrected chi connectivity index (χ3v) is 8.99. The van der Waals surface area contributed by atoms with Crippen molar-refractivity contribution < 1.29 is 21.6 Å². The molecule has 2 rings (SSSR count). The van der Waals surface area contributed by atoms with Gasteiger partial charge in [-0.3, -0.25) is 0 Å². The Hall–Kier alpha value is -1.12. The second-order valence-corrected chi connectivity index (χ2v) is 11.2. The maximum atomic E-state index is 12.8. The number of hydrogen-bond acceptors (Lipinski definition) is 5. The fourth-order valence-corrected chi connectivity index (χ4v) is 6.88. The lowest BCUT2D eigenvalue weighted by atomic mass is 10.2. The predicted octanol–water partition coefficient (Wildman–Crippen LogP) is 2.23. The molecule has 0 bridgehead atoms. The first-order valence-corrected chi connectivity index (χ1v) is 11.6. The zero-order chi connectivity index (χ0) is 18.8. The van der Waals surface area contributed by atoms with E-state index in [1.165, 1.54) is 10.4 Å². The van der Waals surface area contributed by atoms with Crippen LogP contribution in [0, 0.1) is 12.8 Å². The largest absolute Gasteiger partial charge is 0.496 e.